The van der Waals surface area contributed by atoms with Crippen LogP contribution in [0.5, 0.6) is 5.75 Å². The monoisotopic (exact) mass is 520 g/mol. The summed E-state index contributed by atoms with van der Waals surface area (Å²) in [4.78, 5) is 31.2. The number of aromatic amines is 1. The minimum absolute atomic E-state index is 0.0126. The number of aliphatic hydroxyl groups excluding tert-OH is 1. The molecule has 3 heterocycles. The van der Waals surface area contributed by atoms with E-state index < -0.39 is 23.5 Å². The molecular formula is C26H21BrN2O5. The van der Waals surface area contributed by atoms with E-state index in [2.05, 4.69) is 20.9 Å². The van der Waals surface area contributed by atoms with Crippen molar-refractivity contribution in [3.63, 3.8) is 0 Å². The van der Waals surface area contributed by atoms with Crippen LogP contribution in [0.2, 0.25) is 0 Å². The van der Waals surface area contributed by atoms with Crippen LogP contribution in [0.3, 0.4) is 0 Å². The number of aliphatic hydroxyl groups is 1. The van der Waals surface area contributed by atoms with Crippen LogP contribution >= 0.6 is 15.9 Å². The highest BCUT2D eigenvalue weighted by Crippen LogP contribution is 2.40. The van der Waals surface area contributed by atoms with Gasteiger partial charge in [-0.25, -0.2) is 0 Å². The number of carbonyl (C=O) groups excluding carboxylic acids is 2. The first-order valence-corrected chi connectivity index (χ1v) is 11.5. The average Bonchev–Trinajstić information content (AvgIpc) is 3.57. The highest BCUT2D eigenvalue weighted by atomic mass is 79.9. The lowest BCUT2D eigenvalue weighted by Gasteiger charge is -2.27. The first-order chi connectivity index (χ1) is 16.5. The van der Waals surface area contributed by atoms with E-state index in [0.29, 0.717) is 18.5 Å². The molecule has 4 aromatic rings. The smallest absolute Gasteiger partial charge is 0.290 e. The Kier molecular flexibility index (Phi) is 5.75. The van der Waals surface area contributed by atoms with Crippen LogP contribution < -0.4 is 4.74 Å². The molecule has 8 heteroatoms. The maximum atomic E-state index is 13.2. The third-order valence-corrected chi connectivity index (χ3v) is 6.55. The molecule has 1 aliphatic rings. The molecule has 0 spiro atoms. The number of ketones is 1. The SMILES string of the molecule is COc1ccc2[nH]cc(CCN3C(=O)C(O)=C(C(=O)c4ccco4)C3c3cccc(Br)c3)c2c1. The number of carbonyl (C=O) groups is 2. The van der Waals surface area contributed by atoms with Crippen molar-refractivity contribution in [2.24, 2.45) is 0 Å². The van der Waals surface area contributed by atoms with Gasteiger partial charge in [0.25, 0.3) is 5.91 Å². The fourth-order valence-corrected chi connectivity index (χ4v) is 4.83. The molecule has 1 aliphatic heterocycles. The number of furan rings is 1. The van der Waals surface area contributed by atoms with Gasteiger partial charge in [0.05, 0.1) is 25.0 Å². The van der Waals surface area contributed by atoms with Gasteiger partial charge in [-0.3, -0.25) is 9.59 Å². The number of nitrogens with zero attached hydrogens (tertiary/aromatic N) is 1. The lowest BCUT2D eigenvalue weighted by Crippen LogP contribution is -2.33. The maximum Gasteiger partial charge on any atom is 0.290 e. The zero-order valence-electron chi connectivity index (χ0n) is 18.2. The topological polar surface area (TPSA) is 95.8 Å². The van der Waals surface area contributed by atoms with Crippen molar-refractivity contribution in [1.82, 2.24) is 9.88 Å². The number of aromatic nitrogens is 1. The van der Waals surface area contributed by atoms with Crippen LogP contribution in [0.15, 0.2) is 87.3 Å². The summed E-state index contributed by atoms with van der Waals surface area (Å²) in [5, 5.41) is 11.8. The predicted molar refractivity (Wildman–Crippen MR) is 130 cm³/mol. The summed E-state index contributed by atoms with van der Waals surface area (Å²) in [7, 11) is 1.62. The number of Topliss-reactive ketones (excluding diaryl/α,β-unsaturated/α-hetero) is 1. The van der Waals surface area contributed by atoms with Gasteiger partial charge in [-0.1, -0.05) is 28.1 Å². The van der Waals surface area contributed by atoms with Crippen LogP contribution in [-0.2, 0) is 11.2 Å². The molecular weight excluding hydrogens is 500 g/mol. The summed E-state index contributed by atoms with van der Waals surface area (Å²) in [5.41, 5.74) is 2.68. The van der Waals surface area contributed by atoms with Crippen molar-refractivity contribution < 1.29 is 23.8 Å². The highest BCUT2D eigenvalue weighted by molar-refractivity contribution is 9.10. The zero-order valence-corrected chi connectivity index (χ0v) is 19.8. The Labute approximate surface area is 203 Å². The van der Waals surface area contributed by atoms with E-state index in [1.54, 1.807) is 13.2 Å². The number of nitrogens with one attached hydrogen (secondary N) is 1. The number of hydrogen-bond donors (Lipinski definition) is 2. The van der Waals surface area contributed by atoms with E-state index in [9.17, 15) is 14.7 Å². The number of hydrogen-bond acceptors (Lipinski definition) is 5. The van der Waals surface area contributed by atoms with Crippen molar-refractivity contribution in [3.8, 4) is 5.75 Å². The summed E-state index contributed by atoms with van der Waals surface area (Å²) in [6, 6.07) is 15.5. The van der Waals surface area contributed by atoms with Crippen LogP contribution in [0.25, 0.3) is 10.9 Å². The third-order valence-electron chi connectivity index (χ3n) is 6.05. The van der Waals surface area contributed by atoms with Crippen molar-refractivity contribution in [3.05, 3.63) is 99.7 Å². The molecule has 1 atom stereocenters. The second-order valence-corrected chi connectivity index (χ2v) is 8.92. The number of fused-ring (bicyclic) bond motifs is 1. The first-order valence-electron chi connectivity index (χ1n) is 10.7. The van der Waals surface area contributed by atoms with Gasteiger partial charge in [-0.2, -0.15) is 0 Å². The van der Waals surface area contributed by atoms with E-state index in [1.165, 1.54) is 17.2 Å². The van der Waals surface area contributed by atoms with E-state index in [-0.39, 0.29) is 11.3 Å². The van der Waals surface area contributed by atoms with E-state index in [4.69, 9.17) is 9.15 Å². The molecule has 0 bridgehead atoms. The highest BCUT2D eigenvalue weighted by Gasteiger charge is 2.44. The molecule has 1 amide bonds. The van der Waals surface area contributed by atoms with Crippen molar-refractivity contribution >= 4 is 38.5 Å². The fraction of sp³-hybridized carbons (Fsp3) is 0.154. The minimum atomic E-state index is -0.748. The molecule has 7 nitrogen and oxygen atoms in total. The Morgan fingerprint density at radius 2 is 2.06 bits per heavy atom. The molecule has 0 saturated carbocycles. The van der Waals surface area contributed by atoms with Gasteiger partial charge >= 0.3 is 0 Å². The molecule has 0 saturated heterocycles. The van der Waals surface area contributed by atoms with Crippen molar-refractivity contribution in [2.75, 3.05) is 13.7 Å². The van der Waals surface area contributed by atoms with Gasteiger partial charge in [-0.15, -0.1) is 0 Å². The predicted octanol–water partition coefficient (Wildman–Crippen LogP) is 5.35. The second kappa shape index (κ2) is 8.87. The molecule has 2 aromatic heterocycles. The van der Waals surface area contributed by atoms with Crippen LogP contribution in [0.1, 0.15) is 27.7 Å². The quantitative estimate of drug-likeness (QED) is 0.320. The number of halogens is 1. The molecule has 5 rings (SSSR count). The van der Waals surface area contributed by atoms with E-state index >= 15 is 0 Å². The van der Waals surface area contributed by atoms with Crippen LogP contribution in [0.4, 0.5) is 0 Å². The number of methoxy groups -OCH3 is 1. The Morgan fingerprint density at radius 1 is 1.21 bits per heavy atom. The van der Waals surface area contributed by atoms with Crippen molar-refractivity contribution in [2.45, 2.75) is 12.5 Å². The lowest BCUT2D eigenvalue weighted by molar-refractivity contribution is -0.129. The average molecular weight is 521 g/mol. The first kappa shape index (κ1) is 22.0. The Hall–Kier alpha value is -3.78. The number of benzene rings is 2. The maximum absolute atomic E-state index is 13.2. The molecule has 34 heavy (non-hydrogen) atoms. The number of ether oxygens (including phenoxy) is 1. The minimum Gasteiger partial charge on any atom is -0.503 e. The number of rotatable bonds is 7. The molecule has 0 fully saturated rings. The van der Waals surface area contributed by atoms with Gasteiger partial charge in [-0.05, 0) is 60.0 Å². The lowest BCUT2D eigenvalue weighted by atomic mass is 9.95. The number of amides is 1. The Morgan fingerprint density at radius 3 is 2.79 bits per heavy atom. The summed E-state index contributed by atoms with van der Waals surface area (Å²) in [5.74, 6) is -0.840. The van der Waals surface area contributed by atoms with Crippen LogP contribution in [0, 0.1) is 0 Å². The zero-order chi connectivity index (χ0) is 23.8. The molecule has 172 valence electrons. The van der Waals surface area contributed by atoms with Gasteiger partial charge in [0.1, 0.15) is 5.75 Å². The Balaban J connectivity index is 1.51. The molecule has 1 unspecified atom stereocenters. The third kappa shape index (κ3) is 3.80. The summed E-state index contributed by atoms with van der Waals surface area (Å²) < 4.78 is 11.4. The second-order valence-electron chi connectivity index (χ2n) is 8.00. The van der Waals surface area contributed by atoms with E-state index in [0.717, 1.165) is 26.7 Å². The normalized spacial score (nSPS) is 16.0. The molecule has 0 radical (unpaired) electrons. The van der Waals surface area contributed by atoms with Gasteiger partial charge < -0.3 is 24.1 Å². The number of H-pyrrole nitrogens is 1. The van der Waals surface area contributed by atoms with Gasteiger partial charge in [0, 0.05) is 28.1 Å². The Bertz CT molecular complexity index is 1420. The molecule has 2 N–H and O–H groups in total. The summed E-state index contributed by atoms with van der Waals surface area (Å²) in [6.07, 6.45) is 3.80. The van der Waals surface area contributed by atoms with Gasteiger partial charge in [0.2, 0.25) is 5.78 Å². The largest absolute Gasteiger partial charge is 0.503 e. The summed E-state index contributed by atoms with van der Waals surface area (Å²) >= 11 is 3.46. The standard InChI is InChI=1S/C26H21BrN2O5/c1-33-18-7-8-20-19(13-18)16(14-28-20)9-10-29-23(15-4-2-5-17(27)12-15)22(25(31)26(29)32)24(30)21-6-3-11-34-21/h2-8,11-14,23,28,31H,9-10H2,1H3. The van der Waals surface area contributed by atoms with Gasteiger partial charge in [0.15, 0.2) is 11.5 Å². The molecule has 0 aliphatic carbocycles. The van der Waals surface area contributed by atoms with E-state index in [1.807, 2.05) is 48.7 Å². The van der Waals surface area contributed by atoms with Crippen molar-refractivity contribution in [1.29, 1.82) is 0 Å². The molecule has 2 aromatic carbocycles. The fourth-order valence-electron chi connectivity index (χ4n) is 4.41. The summed E-state index contributed by atoms with van der Waals surface area (Å²) in [6.45, 7) is 0.291. The van der Waals surface area contributed by atoms with Crippen LogP contribution in [-0.4, -0.2) is 40.3 Å².